The van der Waals surface area contributed by atoms with E-state index in [4.69, 9.17) is 0 Å². The molecule has 1 fully saturated rings. The number of nitrogens with zero attached hydrogens (tertiary/aromatic N) is 2. The number of hydrogen-bond donors (Lipinski definition) is 3. The van der Waals surface area contributed by atoms with Crippen LogP contribution in [0.4, 0.5) is 25.1 Å². The number of nitrogens with one attached hydrogen (secondary N) is 3. The normalized spacial score (nSPS) is 18.7. The van der Waals surface area contributed by atoms with Gasteiger partial charge >= 0.3 is 6.03 Å². The van der Waals surface area contributed by atoms with E-state index in [0.29, 0.717) is 11.5 Å². The summed E-state index contributed by atoms with van der Waals surface area (Å²) in [5, 5.41) is 12.5. The quantitative estimate of drug-likeness (QED) is 0.549. The predicted octanol–water partition coefficient (Wildman–Crippen LogP) is 5.17. The Kier molecular flexibility index (Phi) is 5.19. The topological polar surface area (TPSA) is 90.1 Å². The second-order valence-electron chi connectivity index (χ2n) is 10.3. The number of carbonyl (C=O) groups excluding carboxylic acids is 2. The minimum Gasteiger partial charge on any atom is -0.309 e. The van der Waals surface area contributed by atoms with Crippen LogP contribution in [0.2, 0.25) is 24.7 Å². The summed E-state index contributed by atoms with van der Waals surface area (Å²) in [6.07, 6.45) is 2.83. The van der Waals surface area contributed by atoms with Crippen molar-refractivity contribution in [2.24, 2.45) is 0 Å². The fourth-order valence-electron chi connectivity index (χ4n) is 4.80. The number of amides is 3. The van der Waals surface area contributed by atoms with E-state index in [1.165, 1.54) is 4.90 Å². The summed E-state index contributed by atoms with van der Waals surface area (Å²) in [4.78, 5) is 27.7. The van der Waals surface area contributed by atoms with Crippen LogP contribution in [0.5, 0.6) is 0 Å². The highest BCUT2D eigenvalue weighted by Crippen LogP contribution is 2.56. The van der Waals surface area contributed by atoms with Crippen molar-refractivity contribution in [3.63, 3.8) is 0 Å². The van der Waals surface area contributed by atoms with Crippen LogP contribution in [0, 0.1) is 11.6 Å². The molecule has 1 aliphatic heterocycles. The van der Waals surface area contributed by atoms with Crippen LogP contribution in [0.1, 0.15) is 44.4 Å². The molecule has 7 nitrogen and oxygen atoms in total. The Morgan fingerprint density at radius 1 is 1.16 bits per heavy atom. The maximum atomic E-state index is 14.0. The third kappa shape index (κ3) is 3.40. The van der Waals surface area contributed by atoms with Gasteiger partial charge in [-0.3, -0.25) is 9.89 Å². The Morgan fingerprint density at radius 2 is 1.84 bits per heavy atom. The Labute approximate surface area is 187 Å². The number of aromatic amines is 1. The Morgan fingerprint density at radius 3 is 2.44 bits per heavy atom. The van der Waals surface area contributed by atoms with Gasteiger partial charge in [-0.05, 0) is 38.8 Å². The zero-order valence-corrected chi connectivity index (χ0v) is 20.0. The van der Waals surface area contributed by atoms with Gasteiger partial charge in [0.15, 0.2) is 5.82 Å². The molecule has 10 heteroatoms. The number of urea groups is 1. The number of fused-ring (bicyclic) bond motifs is 1. The lowest BCUT2D eigenvalue weighted by atomic mass is 9.83. The summed E-state index contributed by atoms with van der Waals surface area (Å²) >= 11 is 0. The summed E-state index contributed by atoms with van der Waals surface area (Å²) in [6, 6.07) is 2.33. The predicted molar refractivity (Wildman–Crippen MR) is 121 cm³/mol. The molecule has 1 saturated carbocycles. The van der Waals surface area contributed by atoms with E-state index in [9.17, 15) is 18.4 Å². The number of aromatic nitrogens is 2. The monoisotopic (exact) mass is 461 g/mol. The second kappa shape index (κ2) is 7.40. The molecule has 0 saturated heterocycles. The first-order valence-corrected chi connectivity index (χ1v) is 14.3. The van der Waals surface area contributed by atoms with E-state index in [1.54, 1.807) is 0 Å². The van der Waals surface area contributed by atoms with Crippen LogP contribution in [-0.4, -0.2) is 35.1 Å². The van der Waals surface area contributed by atoms with Crippen molar-refractivity contribution < 1.29 is 18.4 Å². The van der Waals surface area contributed by atoms with Gasteiger partial charge < -0.3 is 15.5 Å². The molecule has 1 aromatic carbocycles. The molecule has 3 N–H and O–H groups in total. The molecule has 0 atom stereocenters. The highest BCUT2D eigenvalue weighted by molar-refractivity contribution is 6.83. The molecule has 0 spiro atoms. The van der Waals surface area contributed by atoms with E-state index < -0.39 is 31.3 Å². The van der Waals surface area contributed by atoms with Crippen LogP contribution < -0.4 is 10.6 Å². The second-order valence-corrected chi connectivity index (χ2v) is 15.7. The number of rotatable bonds is 4. The lowest BCUT2D eigenvalue weighted by Crippen LogP contribution is -2.52. The lowest BCUT2D eigenvalue weighted by molar-refractivity contribution is -0.121. The molecule has 172 valence electrons. The van der Waals surface area contributed by atoms with Crippen molar-refractivity contribution >= 4 is 31.5 Å². The fraction of sp³-hybridized carbons (Fsp3) is 0.500. The highest BCUT2D eigenvalue weighted by Gasteiger charge is 2.54. The summed E-state index contributed by atoms with van der Waals surface area (Å²) in [5.74, 6) is -0.939. The van der Waals surface area contributed by atoms with Crippen LogP contribution in [0.15, 0.2) is 18.2 Å². The molecular formula is C22H29F2N5O2Si. The highest BCUT2D eigenvalue weighted by atomic mass is 28.3. The molecule has 2 aliphatic rings. The van der Waals surface area contributed by atoms with Crippen molar-refractivity contribution in [1.29, 1.82) is 0 Å². The number of carbonyl (C=O) groups is 2. The number of benzene rings is 1. The van der Waals surface area contributed by atoms with Crippen molar-refractivity contribution in [3.8, 4) is 0 Å². The van der Waals surface area contributed by atoms with Crippen molar-refractivity contribution in [2.45, 2.75) is 69.9 Å². The smallest absolute Gasteiger partial charge is 0.309 e. The van der Waals surface area contributed by atoms with E-state index in [1.807, 2.05) is 13.8 Å². The number of H-pyrrole nitrogens is 1. The Balaban J connectivity index is 1.55. The zero-order chi connectivity index (χ0) is 23.5. The summed E-state index contributed by atoms with van der Waals surface area (Å²) in [5.41, 5.74) is 0.420. The van der Waals surface area contributed by atoms with Gasteiger partial charge in [0.2, 0.25) is 5.91 Å². The molecule has 2 aromatic rings. The van der Waals surface area contributed by atoms with Gasteiger partial charge in [-0.25, -0.2) is 13.6 Å². The Hall–Kier alpha value is -2.75. The largest absolute Gasteiger partial charge is 0.323 e. The molecule has 1 aliphatic carbocycles. The average molecular weight is 462 g/mol. The SMILES string of the molecule is CC1(C)c2[nH]nc(NC(=O)C3([Si](C)(C)C)CCC3)c2CN1C(=O)Nc1cc(F)ccc1F. The van der Waals surface area contributed by atoms with E-state index >= 15 is 0 Å². The van der Waals surface area contributed by atoms with Gasteiger partial charge in [0, 0.05) is 16.7 Å². The first-order chi connectivity index (χ1) is 14.9. The molecule has 0 unspecified atom stereocenters. The Bertz CT molecular complexity index is 1090. The van der Waals surface area contributed by atoms with Gasteiger partial charge in [0.1, 0.15) is 11.6 Å². The number of anilines is 2. The molecular weight excluding hydrogens is 432 g/mol. The molecule has 0 bridgehead atoms. The maximum absolute atomic E-state index is 14.0. The summed E-state index contributed by atoms with van der Waals surface area (Å²) in [6.45, 7) is 10.5. The van der Waals surface area contributed by atoms with Crippen LogP contribution in [0.25, 0.3) is 0 Å². The van der Waals surface area contributed by atoms with Gasteiger partial charge in [0.25, 0.3) is 0 Å². The zero-order valence-electron chi connectivity index (χ0n) is 19.0. The van der Waals surface area contributed by atoms with Crippen LogP contribution >= 0.6 is 0 Å². The molecule has 0 radical (unpaired) electrons. The van der Waals surface area contributed by atoms with Crippen molar-refractivity contribution in [3.05, 3.63) is 41.1 Å². The lowest BCUT2D eigenvalue weighted by Gasteiger charge is -2.48. The standard InChI is InChI=1S/C22H29F2N5O2Si/c1-21(2)17-14(12-29(21)20(31)25-16-11-13(23)7-8-15(16)24)18(28-27-17)26-19(30)22(9-6-10-22)32(3,4)5/h7-8,11H,6,9-10,12H2,1-5H3,(H,25,31)(H2,26,27,28,30). The van der Waals surface area contributed by atoms with Gasteiger partial charge in [0.05, 0.1) is 31.5 Å². The molecule has 4 rings (SSSR count). The van der Waals surface area contributed by atoms with Gasteiger partial charge in [-0.1, -0.05) is 26.1 Å². The van der Waals surface area contributed by atoms with Gasteiger partial charge in [-0.15, -0.1) is 0 Å². The minimum atomic E-state index is -1.75. The third-order valence-electron chi connectivity index (χ3n) is 7.19. The first-order valence-electron chi connectivity index (χ1n) is 10.8. The van der Waals surface area contributed by atoms with Crippen molar-refractivity contribution in [2.75, 3.05) is 10.6 Å². The summed E-state index contributed by atoms with van der Waals surface area (Å²) in [7, 11) is -1.75. The van der Waals surface area contributed by atoms with Gasteiger partial charge in [-0.2, -0.15) is 5.10 Å². The van der Waals surface area contributed by atoms with Crippen LogP contribution in [0.3, 0.4) is 0 Å². The molecule has 32 heavy (non-hydrogen) atoms. The minimum absolute atomic E-state index is 0.000226. The average Bonchev–Trinajstić information content (AvgIpc) is 3.14. The van der Waals surface area contributed by atoms with E-state index in [2.05, 4.69) is 40.5 Å². The van der Waals surface area contributed by atoms with Crippen LogP contribution in [-0.2, 0) is 16.9 Å². The fourth-order valence-corrected chi connectivity index (χ4v) is 7.39. The number of hydrogen-bond acceptors (Lipinski definition) is 3. The molecule has 2 heterocycles. The molecule has 3 amide bonds. The molecule has 1 aromatic heterocycles. The summed E-state index contributed by atoms with van der Waals surface area (Å²) < 4.78 is 27.5. The maximum Gasteiger partial charge on any atom is 0.323 e. The van der Waals surface area contributed by atoms with Crippen molar-refractivity contribution in [1.82, 2.24) is 15.1 Å². The van der Waals surface area contributed by atoms with E-state index in [0.717, 1.165) is 43.0 Å². The first kappa shape index (κ1) is 22.4. The number of halogens is 2. The third-order valence-corrected chi connectivity index (χ3v) is 10.8. The van der Waals surface area contributed by atoms with E-state index in [-0.39, 0.29) is 23.2 Å².